The first-order valence-electron chi connectivity index (χ1n) is 9.97. The summed E-state index contributed by atoms with van der Waals surface area (Å²) >= 11 is 0. The van der Waals surface area contributed by atoms with Gasteiger partial charge >= 0.3 is 6.03 Å². The van der Waals surface area contributed by atoms with Gasteiger partial charge in [0.2, 0.25) is 11.8 Å². The van der Waals surface area contributed by atoms with E-state index in [1.54, 1.807) is 24.3 Å². The van der Waals surface area contributed by atoms with Gasteiger partial charge in [0.1, 0.15) is 11.8 Å². The van der Waals surface area contributed by atoms with E-state index in [1.165, 1.54) is 0 Å². The molecule has 0 aliphatic rings. The van der Waals surface area contributed by atoms with Crippen LogP contribution in [0.3, 0.4) is 0 Å². The minimum atomic E-state index is -0.603. The predicted octanol–water partition coefficient (Wildman–Crippen LogP) is 5.05. The fourth-order valence-electron chi connectivity index (χ4n) is 3.08. The second-order valence-electron chi connectivity index (χ2n) is 6.71. The Morgan fingerprint density at radius 2 is 1.61 bits per heavy atom. The van der Waals surface area contributed by atoms with Gasteiger partial charge in [-0.3, -0.25) is 0 Å². The molecule has 0 spiro atoms. The van der Waals surface area contributed by atoms with E-state index < -0.39 is 12.1 Å². The molecule has 0 bridgehead atoms. The van der Waals surface area contributed by atoms with Gasteiger partial charge in [-0.2, -0.15) is 0 Å². The highest BCUT2D eigenvalue weighted by Crippen LogP contribution is 2.25. The van der Waals surface area contributed by atoms with E-state index in [0.29, 0.717) is 24.1 Å². The van der Waals surface area contributed by atoms with Crippen molar-refractivity contribution in [3.63, 3.8) is 0 Å². The van der Waals surface area contributed by atoms with Crippen molar-refractivity contribution in [1.29, 1.82) is 0 Å². The largest absolute Gasteiger partial charge is 0.494 e. The Hall–Kier alpha value is -4.13. The topological polar surface area (TPSA) is 89.3 Å². The van der Waals surface area contributed by atoms with Gasteiger partial charge in [0.25, 0.3) is 0 Å². The summed E-state index contributed by atoms with van der Waals surface area (Å²) in [6, 6.07) is 25.2. The van der Waals surface area contributed by atoms with Crippen LogP contribution in [0.15, 0.2) is 89.3 Å². The van der Waals surface area contributed by atoms with Crippen LogP contribution in [-0.4, -0.2) is 22.8 Å². The van der Waals surface area contributed by atoms with Crippen molar-refractivity contribution >= 4 is 11.7 Å². The maximum absolute atomic E-state index is 12.7. The van der Waals surface area contributed by atoms with Crippen LogP contribution >= 0.6 is 0 Å². The van der Waals surface area contributed by atoms with Gasteiger partial charge in [0, 0.05) is 11.3 Å². The van der Waals surface area contributed by atoms with Crippen LogP contribution in [0.5, 0.6) is 5.75 Å². The number of hydrogen-bond donors (Lipinski definition) is 2. The minimum absolute atomic E-state index is 0.298. The summed E-state index contributed by atoms with van der Waals surface area (Å²) in [5.41, 5.74) is 2.28. The lowest BCUT2D eigenvalue weighted by Gasteiger charge is -2.16. The molecule has 4 rings (SSSR count). The molecule has 1 aromatic heterocycles. The van der Waals surface area contributed by atoms with Crippen molar-refractivity contribution in [2.75, 3.05) is 11.9 Å². The van der Waals surface area contributed by atoms with Crippen LogP contribution in [0.1, 0.15) is 24.4 Å². The molecule has 156 valence electrons. The Kier molecular flexibility index (Phi) is 6.23. The minimum Gasteiger partial charge on any atom is -0.494 e. The summed E-state index contributed by atoms with van der Waals surface area (Å²) in [5, 5.41) is 14.1. The molecule has 0 aliphatic carbocycles. The summed E-state index contributed by atoms with van der Waals surface area (Å²) in [7, 11) is 0. The van der Waals surface area contributed by atoms with Gasteiger partial charge in [0.05, 0.1) is 6.61 Å². The first-order valence-corrected chi connectivity index (χ1v) is 9.97. The average Bonchev–Trinajstić information content (AvgIpc) is 3.30. The summed E-state index contributed by atoms with van der Waals surface area (Å²) in [4.78, 5) is 12.7. The Balaban J connectivity index is 1.53. The Labute approximate surface area is 180 Å². The maximum Gasteiger partial charge on any atom is 0.320 e. The van der Waals surface area contributed by atoms with Crippen LogP contribution < -0.4 is 15.4 Å². The summed E-state index contributed by atoms with van der Waals surface area (Å²) in [6.45, 7) is 2.51. The van der Waals surface area contributed by atoms with Gasteiger partial charge in [-0.25, -0.2) is 4.79 Å². The zero-order valence-electron chi connectivity index (χ0n) is 17.0. The Bertz CT molecular complexity index is 1110. The van der Waals surface area contributed by atoms with E-state index >= 15 is 0 Å². The second kappa shape index (κ2) is 9.58. The summed E-state index contributed by atoms with van der Waals surface area (Å²) < 4.78 is 11.3. The first kappa shape index (κ1) is 20.2. The number of hydrogen-bond acceptors (Lipinski definition) is 5. The standard InChI is InChI=1S/C24H22N4O3/c1-2-30-20-15-13-19(14-16-20)25-24(29)26-21(17-9-5-3-6-10-17)23-28-27-22(31-23)18-11-7-4-8-12-18/h3-16,21H,2H2,1H3,(H2,25,26,29). The SMILES string of the molecule is CCOc1ccc(NC(=O)NC(c2ccccc2)c2nnc(-c3ccccc3)o2)cc1. The Morgan fingerprint density at radius 1 is 0.935 bits per heavy atom. The van der Waals surface area contributed by atoms with Gasteiger partial charge < -0.3 is 19.8 Å². The van der Waals surface area contributed by atoms with Crippen LogP contribution in [0, 0.1) is 0 Å². The van der Waals surface area contributed by atoms with Crippen LogP contribution in [0.2, 0.25) is 0 Å². The van der Waals surface area contributed by atoms with Gasteiger partial charge in [-0.05, 0) is 48.9 Å². The molecule has 31 heavy (non-hydrogen) atoms. The quantitative estimate of drug-likeness (QED) is 0.442. The molecule has 0 radical (unpaired) electrons. The molecule has 1 unspecified atom stereocenters. The third-order valence-corrected chi connectivity index (χ3v) is 4.54. The number of aromatic nitrogens is 2. The van der Waals surface area contributed by atoms with E-state index in [0.717, 1.165) is 16.9 Å². The number of benzene rings is 3. The number of ether oxygens (including phenoxy) is 1. The number of rotatable bonds is 7. The number of amides is 2. The normalized spacial score (nSPS) is 11.5. The number of anilines is 1. The van der Waals surface area contributed by atoms with Gasteiger partial charge in [-0.15, -0.1) is 10.2 Å². The molecule has 0 saturated carbocycles. The lowest BCUT2D eigenvalue weighted by Crippen LogP contribution is -2.33. The fraction of sp³-hybridized carbons (Fsp3) is 0.125. The van der Waals surface area contributed by atoms with Crippen molar-refractivity contribution in [2.24, 2.45) is 0 Å². The molecule has 0 saturated heterocycles. The number of carbonyl (C=O) groups excluding carboxylic acids is 1. The molecular weight excluding hydrogens is 392 g/mol. The van der Waals surface area contributed by atoms with E-state index in [4.69, 9.17) is 9.15 Å². The number of urea groups is 1. The van der Waals surface area contributed by atoms with Crippen LogP contribution in [0.25, 0.3) is 11.5 Å². The van der Waals surface area contributed by atoms with E-state index in [1.807, 2.05) is 67.6 Å². The average molecular weight is 414 g/mol. The molecule has 7 nitrogen and oxygen atoms in total. The molecule has 2 N–H and O–H groups in total. The lowest BCUT2D eigenvalue weighted by atomic mass is 10.1. The zero-order chi connectivity index (χ0) is 21.5. The molecule has 0 aliphatic heterocycles. The smallest absolute Gasteiger partial charge is 0.320 e. The van der Waals surface area contributed by atoms with Crippen molar-refractivity contribution in [3.8, 4) is 17.2 Å². The fourth-order valence-corrected chi connectivity index (χ4v) is 3.08. The molecular formula is C24H22N4O3. The molecule has 2 amide bonds. The summed E-state index contributed by atoms with van der Waals surface area (Å²) in [5.74, 6) is 1.44. The third kappa shape index (κ3) is 5.08. The monoisotopic (exact) mass is 414 g/mol. The number of nitrogens with one attached hydrogen (secondary N) is 2. The van der Waals surface area contributed by atoms with Gasteiger partial charge in [0.15, 0.2) is 0 Å². The van der Waals surface area contributed by atoms with Crippen molar-refractivity contribution in [1.82, 2.24) is 15.5 Å². The van der Waals surface area contributed by atoms with E-state index in [2.05, 4.69) is 20.8 Å². The molecule has 1 atom stereocenters. The maximum atomic E-state index is 12.7. The highest BCUT2D eigenvalue weighted by molar-refractivity contribution is 5.89. The third-order valence-electron chi connectivity index (χ3n) is 4.54. The van der Waals surface area contributed by atoms with Crippen LogP contribution in [-0.2, 0) is 0 Å². The first-order chi connectivity index (χ1) is 15.2. The number of carbonyl (C=O) groups is 1. The molecule has 3 aromatic carbocycles. The highest BCUT2D eigenvalue weighted by Gasteiger charge is 2.23. The lowest BCUT2D eigenvalue weighted by molar-refractivity contribution is 0.248. The molecule has 0 fully saturated rings. The second-order valence-corrected chi connectivity index (χ2v) is 6.71. The predicted molar refractivity (Wildman–Crippen MR) is 118 cm³/mol. The van der Waals surface area contributed by atoms with Crippen LogP contribution in [0.4, 0.5) is 10.5 Å². The molecule has 7 heteroatoms. The number of nitrogens with zero attached hydrogens (tertiary/aromatic N) is 2. The van der Waals surface area contributed by atoms with E-state index in [9.17, 15) is 4.79 Å². The highest BCUT2D eigenvalue weighted by atomic mass is 16.5. The van der Waals surface area contributed by atoms with E-state index in [-0.39, 0.29) is 0 Å². The zero-order valence-corrected chi connectivity index (χ0v) is 17.0. The van der Waals surface area contributed by atoms with Crippen molar-refractivity contribution < 1.29 is 13.9 Å². The van der Waals surface area contributed by atoms with Crippen molar-refractivity contribution in [2.45, 2.75) is 13.0 Å². The molecule has 1 heterocycles. The van der Waals surface area contributed by atoms with Crippen molar-refractivity contribution in [3.05, 3.63) is 96.4 Å². The van der Waals surface area contributed by atoms with Gasteiger partial charge in [-0.1, -0.05) is 48.5 Å². The Morgan fingerprint density at radius 3 is 2.29 bits per heavy atom. The molecule has 4 aromatic rings. The summed E-state index contributed by atoms with van der Waals surface area (Å²) in [6.07, 6.45) is 0.